The van der Waals surface area contributed by atoms with Gasteiger partial charge in [-0.3, -0.25) is 14.9 Å². The van der Waals surface area contributed by atoms with Crippen molar-refractivity contribution in [1.82, 2.24) is 5.32 Å². The number of methoxy groups -OCH3 is 1. The van der Waals surface area contributed by atoms with E-state index in [0.29, 0.717) is 25.9 Å². The van der Waals surface area contributed by atoms with Gasteiger partial charge in [-0.15, -0.1) is 0 Å². The van der Waals surface area contributed by atoms with Crippen LogP contribution in [0.5, 0.6) is 0 Å². The maximum absolute atomic E-state index is 11.6. The predicted molar refractivity (Wildman–Crippen MR) is 103 cm³/mol. The third-order valence-corrected chi connectivity index (χ3v) is 4.94. The molecule has 0 aromatic heterocycles. The van der Waals surface area contributed by atoms with Crippen molar-refractivity contribution in [2.75, 3.05) is 26.9 Å². The summed E-state index contributed by atoms with van der Waals surface area (Å²) in [5.41, 5.74) is 0. The number of carbonyl (C=O) groups is 2. The summed E-state index contributed by atoms with van der Waals surface area (Å²) in [5, 5.41) is 12.7. The first kappa shape index (κ1) is 24.0. The quantitative estimate of drug-likeness (QED) is 0.446. The molecule has 1 saturated heterocycles. The highest BCUT2D eigenvalue weighted by Gasteiger charge is 2.26. The number of unbranched alkanes of at least 4 members (excludes halogenated alkanes) is 1. The molecule has 0 unspecified atom stereocenters. The Morgan fingerprint density at radius 2 is 1.96 bits per heavy atom. The molecule has 4 atom stereocenters. The molecule has 0 amide bonds. The minimum atomic E-state index is -0.829. The van der Waals surface area contributed by atoms with E-state index in [9.17, 15) is 14.7 Å². The molecule has 0 radical (unpaired) electrons. The zero-order chi connectivity index (χ0) is 20.1. The molecule has 0 aromatic carbocycles. The number of aliphatic carboxylic acids is 1. The van der Waals surface area contributed by atoms with E-state index in [0.717, 1.165) is 38.7 Å². The van der Waals surface area contributed by atoms with E-state index in [2.05, 4.69) is 12.2 Å². The average molecular weight is 388 g/mol. The van der Waals surface area contributed by atoms with Gasteiger partial charge in [0.1, 0.15) is 12.6 Å². The largest absolute Gasteiger partial charge is 0.480 e. The monoisotopic (exact) mass is 387 g/mol. The van der Waals surface area contributed by atoms with Crippen molar-refractivity contribution < 1.29 is 28.9 Å². The fourth-order valence-electron chi connectivity index (χ4n) is 3.42. The van der Waals surface area contributed by atoms with Crippen molar-refractivity contribution in [2.45, 2.75) is 89.5 Å². The molecule has 1 aliphatic rings. The van der Waals surface area contributed by atoms with Crippen molar-refractivity contribution in [3.63, 3.8) is 0 Å². The van der Waals surface area contributed by atoms with Crippen LogP contribution in [0.15, 0.2) is 0 Å². The number of nitrogens with one attached hydrogen (secondary N) is 1. The first-order valence-corrected chi connectivity index (χ1v) is 10.2. The molecule has 0 saturated carbocycles. The highest BCUT2D eigenvalue weighted by atomic mass is 16.5. The van der Waals surface area contributed by atoms with Crippen LogP contribution in [-0.2, 0) is 23.8 Å². The Morgan fingerprint density at radius 3 is 2.52 bits per heavy atom. The van der Waals surface area contributed by atoms with Gasteiger partial charge in [0.25, 0.3) is 0 Å². The van der Waals surface area contributed by atoms with Crippen molar-refractivity contribution in [3.05, 3.63) is 0 Å². The summed E-state index contributed by atoms with van der Waals surface area (Å²) >= 11 is 0. The summed E-state index contributed by atoms with van der Waals surface area (Å²) in [6.07, 6.45) is 6.46. The predicted octanol–water partition coefficient (Wildman–Crippen LogP) is 2.56. The minimum absolute atomic E-state index is 0.00352. The molecule has 7 nitrogen and oxygen atoms in total. The van der Waals surface area contributed by atoms with E-state index in [1.165, 1.54) is 6.92 Å². The molecule has 2 N–H and O–H groups in total. The molecular weight excluding hydrogens is 350 g/mol. The molecule has 1 fully saturated rings. The maximum atomic E-state index is 11.6. The molecule has 0 bridgehead atoms. The van der Waals surface area contributed by atoms with Crippen LogP contribution in [0.4, 0.5) is 0 Å². The Labute approximate surface area is 163 Å². The highest BCUT2D eigenvalue weighted by Crippen LogP contribution is 2.18. The smallest absolute Gasteiger partial charge is 0.320 e. The number of hydrogen-bond acceptors (Lipinski definition) is 6. The van der Waals surface area contributed by atoms with Crippen LogP contribution in [0.3, 0.4) is 0 Å². The SMILES string of the molecule is CCCC[C@@H](OCC(C)=O)[C@H](CCC[C@H](N[C@@H]1CCCOC1)C(=O)O)OC. The Kier molecular flexibility index (Phi) is 12.5. The zero-order valence-corrected chi connectivity index (χ0v) is 17.1. The van der Waals surface area contributed by atoms with E-state index in [1.807, 2.05) is 0 Å². The zero-order valence-electron chi connectivity index (χ0n) is 17.1. The van der Waals surface area contributed by atoms with E-state index in [4.69, 9.17) is 14.2 Å². The Morgan fingerprint density at radius 1 is 1.22 bits per heavy atom. The molecule has 1 heterocycles. The lowest BCUT2D eigenvalue weighted by Gasteiger charge is -2.28. The summed E-state index contributed by atoms with van der Waals surface area (Å²) < 4.78 is 16.8. The number of carboxylic acids is 1. The van der Waals surface area contributed by atoms with Crippen LogP contribution in [-0.4, -0.2) is 68.1 Å². The van der Waals surface area contributed by atoms with Crippen LogP contribution in [0, 0.1) is 0 Å². The van der Waals surface area contributed by atoms with E-state index in [-0.39, 0.29) is 30.6 Å². The number of ketones is 1. The summed E-state index contributed by atoms with van der Waals surface area (Å²) in [6, 6.07) is -0.476. The van der Waals surface area contributed by atoms with Gasteiger partial charge in [-0.1, -0.05) is 19.8 Å². The molecule has 0 spiro atoms. The molecule has 1 aliphatic heterocycles. The Bertz CT molecular complexity index is 425. The van der Waals surface area contributed by atoms with Gasteiger partial charge in [0.05, 0.1) is 18.8 Å². The molecule has 7 heteroatoms. The minimum Gasteiger partial charge on any atom is -0.480 e. The van der Waals surface area contributed by atoms with Gasteiger partial charge in [0.2, 0.25) is 0 Å². The van der Waals surface area contributed by atoms with E-state index >= 15 is 0 Å². The second-order valence-corrected chi connectivity index (χ2v) is 7.37. The molecule has 27 heavy (non-hydrogen) atoms. The molecule has 0 aliphatic carbocycles. The second kappa shape index (κ2) is 14.0. The standard InChI is InChI=1S/C20H37NO6/c1-4-5-10-19(27-13-15(2)22)18(25-3)11-6-9-17(20(23)24)21-16-8-7-12-26-14-16/h16-19,21H,4-14H2,1-3H3,(H,23,24)/t16-,17+,18+,19-/m1/s1. The summed E-state index contributed by atoms with van der Waals surface area (Å²) in [4.78, 5) is 22.8. The van der Waals surface area contributed by atoms with Crippen molar-refractivity contribution >= 4 is 11.8 Å². The number of hydrogen-bond donors (Lipinski definition) is 2. The number of carboxylic acid groups (broad SMARTS) is 1. The number of Topliss-reactive ketones (excluding diaryl/α,β-unsaturated/α-hetero) is 1. The van der Waals surface area contributed by atoms with Crippen molar-refractivity contribution in [3.8, 4) is 0 Å². The van der Waals surface area contributed by atoms with Crippen molar-refractivity contribution in [2.24, 2.45) is 0 Å². The van der Waals surface area contributed by atoms with E-state index in [1.54, 1.807) is 7.11 Å². The van der Waals surface area contributed by atoms with Crippen molar-refractivity contribution in [1.29, 1.82) is 0 Å². The van der Waals surface area contributed by atoms with Gasteiger partial charge in [-0.05, 0) is 45.4 Å². The molecular formula is C20H37NO6. The first-order valence-electron chi connectivity index (χ1n) is 10.2. The van der Waals surface area contributed by atoms with Gasteiger partial charge in [-0.2, -0.15) is 0 Å². The lowest BCUT2D eigenvalue weighted by Crippen LogP contribution is -2.47. The lowest BCUT2D eigenvalue weighted by atomic mass is 9.99. The van der Waals surface area contributed by atoms with Crippen LogP contribution in [0.25, 0.3) is 0 Å². The second-order valence-electron chi connectivity index (χ2n) is 7.37. The van der Waals surface area contributed by atoms with Crippen LogP contribution >= 0.6 is 0 Å². The van der Waals surface area contributed by atoms with Crippen LogP contribution < -0.4 is 5.32 Å². The first-order chi connectivity index (χ1) is 13.0. The lowest BCUT2D eigenvalue weighted by molar-refractivity contribution is -0.140. The van der Waals surface area contributed by atoms with Gasteiger partial charge >= 0.3 is 5.97 Å². The third kappa shape index (κ3) is 10.2. The van der Waals surface area contributed by atoms with Gasteiger partial charge < -0.3 is 19.3 Å². The number of rotatable bonds is 15. The normalized spacial score (nSPS) is 20.8. The number of carbonyl (C=O) groups excluding carboxylic acids is 1. The van der Waals surface area contributed by atoms with Crippen LogP contribution in [0.1, 0.15) is 65.2 Å². The average Bonchev–Trinajstić information content (AvgIpc) is 2.65. The molecule has 1 rings (SSSR count). The third-order valence-electron chi connectivity index (χ3n) is 4.94. The topological polar surface area (TPSA) is 94.1 Å². The fourth-order valence-corrected chi connectivity index (χ4v) is 3.42. The molecule has 158 valence electrons. The summed E-state index contributed by atoms with van der Waals surface area (Å²) in [6.45, 7) is 5.04. The Hall–Kier alpha value is -1.02. The van der Waals surface area contributed by atoms with Crippen LogP contribution in [0.2, 0.25) is 0 Å². The Balaban J connectivity index is 2.49. The fraction of sp³-hybridized carbons (Fsp3) is 0.900. The number of ether oxygens (including phenoxy) is 3. The summed E-state index contributed by atoms with van der Waals surface area (Å²) in [5.74, 6) is -0.832. The van der Waals surface area contributed by atoms with E-state index < -0.39 is 12.0 Å². The molecule has 0 aromatic rings. The highest BCUT2D eigenvalue weighted by molar-refractivity contribution is 5.76. The van der Waals surface area contributed by atoms with Gasteiger partial charge in [0.15, 0.2) is 5.78 Å². The van der Waals surface area contributed by atoms with Gasteiger partial charge in [-0.25, -0.2) is 0 Å². The summed E-state index contributed by atoms with van der Waals surface area (Å²) in [7, 11) is 1.65. The maximum Gasteiger partial charge on any atom is 0.320 e. The van der Waals surface area contributed by atoms with Gasteiger partial charge in [0, 0.05) is 19.8 Å².